The lowest BCUT2D eigenvalue weighted by molar-refractivity contribution is -0.121. The molecule has 1 aromatic rings. The predicted octanol–water partition coefficient (Wildman–Crippen LogP) is 0.930. The van der Waals surface area contributed by atoms with Gasteiger partial charge in [-0.1, -0.05) is 18.2 Å². The van der Waals surface area contributed by atoms with Crippen molar-refractivity contribution in [2.24, 2.45) is 4.99 Å². The lowest BCUT2D eigenvalue weighted by Crippen LogP contribution is -2.43. The number of rotatable bonds is 7. The maximum atomic E-state index is 12.2. The Balaban J connectivity index is 2.58. The average Bonchev–Trinajstić information content (AvgIpc) is 2.51. The lowest BCUT2D eigenvalue weighted by Gasteiger charge is -2.20. The Morgan fingerprint density at radius 3 is 2.32 bits per heavy atom. The standard InChI is InChI=1S/C17H28N4O3S/c1-5-18-16(20-13-15(22)21-17(2,3)4)19-11-12-25(23,24)14-9-7-6-8-10-14/h6-10H,5,11-13H2,1-4H3,(H,21,22)(H2,18,19,20). The molecule has 0 spiro atoms. The van der Waals surface area contributed by atoms with Crippen LogP contribution in [0.3, 0.4) is 0 Å². The molecule has 0 heterocycles. The molecule has 0 unspecified atom stereocenters. The van der Waals surface area contributed by atoms with Crippen molar-refractivity contribution < 1.29 is 13.2 Å². The molecule has 0 saturated carbocycles. The third-order valence-electron chi connectivity index (χ3n) is 3.00. The summed E-state index contributed by atoms with van der Waals surface area (Å²) in [5.74, 6) is 0.159. The number of carbonyl (C=O) groups is 1. The van der Waals surface area contributed by atoms with Crippen molar-refractivity contribution in [3.8, 4) is 0 Å². The van der Waals surface area contributed by atoms with Gasteiger partial charge in [-0.05, 0) is 39.8 Å². The number of hydrogen-bond donors (Lipinski definition) is 3. The van der Waals surface area contributed by atoms with Crippen LogP contribution in [-0.2, 0) is 14.6 Å². The van der Waals surface area contributed by atoms with Crippen molar-refractivity contribution in [2.75, 3.05) is 25.4 Å². The van der Waals surface area contributed by atoms with Crippen molar-refractivity contribution in [3.05, 3.63) is 30.3 Å². The second kappa shape index (κ2) is 9.41. The summed E-state index contributed by atoms with van der Waals surface area (Å²) in [6.45, 7) is 8.36. The van der Waals surface area contributed by atoms with Crippen molar-refractivity contribution in [1.82, 2.24) is 16.0 Å². The van der Waals surface area contributed by atoms with Crippen LogP contribution in [-0.4, -0.2) is 51.2 Å². The Kier molecular flexibility index (Phi) is 7.89. The predicted molar refractivity (Wildman–Crippen MR) is 100 cm³/mol. The molecule has 1 aromatic carbocycles. The molecule has 140 valence electrons. The number of carbonyl (C=O) groups excluding carboxylic acids is 1. The highest BCUT2D eigenvalue weighted by Crippen LogP contribution is 2.09. The monoisotopic (exact) mass is 368 g/mol. The number of amides is 1. The molecule has 0 bridgehead atoms. The molecule has 0 saturated heterocycles. The zero-order valence-corrected chi connectivity index (χ0v) is 16.1. The molecular formula is C17H28N4O3S. The Morgan fingerprint density at radius 2 is 1.76 bits per heavy atom. The van der Waals surface area contributed by atoms with Crippen LogP contribution in [0, 0.1) is 0 Å². The van der Waals surface area contributed by atoms with Crippen molar-refractivity contribution in [2.45, 2.75) is 38.1 Å². The van der Waals surface area contributed by atoms with Gasteiger partial charge in [-0.15, -0.1) is 0 Å². The molecule has 0 aliphatic carbocycles. The minimum absolute atomic E-state index is 0.0297. The second-order valence-electron chi connectivity index (χ2n) is 6.55. The quantitative estimate of drug-likeness (QED) is 0.491. The third kappa shape index (κ3) is 8.53. The van der Waals surface area contributed by atoms with Gasteiger partial charge in [-0.2, -0.15) is 0 Å². The first-order valence-corrected chi connectivity index (χ1v) is 9.90. The molecule has 0 aromatic heterocycles. The molecule has 3 N–H and O–H groups in total. The Labute approximate surface area is 150 Å². The number of hydrogen-bond acceptors (Lipinski definition) is 4. The smallest absolute Gasteiger partial charge is 0.242 e. The summed E-state index contributed by atoms with van der Waals surface area (Å²) in [6.07, 6.45) is 0. The number of benzene rings is 1. The largest absolute Gasteiger partial charge is 0.357 e. The highest BCUT2D eigenvalue weighted by molar-refractivity contribution is 7.91. The van der Waals surface area contributed by atoms with Gasteiger partial charge in [0.1, 0.15) is 6.54 Å². The highest BCUT2D eigenvalue weighted by atomic mass is 32.2. The summed E-state index contributed by atoms with van der Waals surface area (Å²) < 4.78 is 24.5. The maximum Gasteiger partial charge on any atom is 0.242 e. The van der Waals surface area contributed by atoms with E-state index < -0.39 is 9.84 Å². The van der Waals surface area contributed by atoms with Crippen LogP contribution >= 0.6 is 0 Å². The molecule has 0 atom stereocenters. The summed E-state index contributed by atoms with van der Waals surface area (Å²) >= 11 is 0. The van der Waals surface area contributed by atoms with Crippen molar-refractivity contribution in [3.63, 3.8) is 0 Å². The molecular weight excluding hydrogens is 340 g/mol. The van der Waals surface area contributed by atoms with Crippen LogP contribution in [0.2, 0.25) is 0 Å². The fraction of sp³-hybridized carbons (Fsp3) is 0.529. The molecule has 1 amide bonds. The van der Waals surface area contributed by atoms with E-state index in [1.165, 1.54) is 0 Å². The zero-order chi connectivity index (χ0) is 18.9. The Morgan fingerprint density at radius 1 is 1.12 bits per heavy atom. The van der Waals surface area contributed by atoms with E-state index in [0.29, 0.717) is 17.4 Å². The summed E-state index contributed by atoms with van der Waals surface area (Å²) in [5.41, 5.74) is -0.317. The molecule has 25 heavy (non-hydrogen) atoms. The van der Waals surface area contributed by atoms with E-state index >= 15 is 0 Å². The maximum absolute atomic E-state index is 12.2. The van der Waals surface area contributed by atoms with Crippen molar-refractivity contribution in [1.29, 1.82) is 0 Å². The minimum Gasteiger partial charge on any atom is -0.357 e. The fourth-order valence-electron chi connectivity index (χ4n) is 2.00. The molecule has 0 fully saturated rings. The number of aliphatic imine (C=N–C) groups is 1. The summed E-state index contributed by atoms with van der Waals surface area (Å²) in [4.78, 5) is 16.3. The zero-order valence-electron chi connectivity index (χ0n) is 15.3. The highest BCUT2D eigenvalue weighted by Gasteiger charge is 2.15. The summed E-state index contributed by atoms with van der Waals surface area (Å²) in [5, 5.41) is 8.76. The van der Waals surface area contributed by atoms with Crippen LogP contribution in [0.15, 0.2) is 40.2 Å². The SMILES string of the molecule is CCNC(=NCC(=O)NC(C)(C)C)NCCS(=O)(=O)c1ccccc1. The molecule has 8 heteroatoms. The van der Waals surface area contributed by atoms with E-state index in [9.17, 15) is 13.2 Å². The van der Waals surface area contributed by atoms with Gasteiger partial charge in [0.25, 0.3) is 0 Å². The first-order chi connectivity index (χ1) is 11.6. The van der Waals surface area contributed by atoms with Gasteiger partial charge >= 0.3 is 0 Å². The minimum atomic E-state index is -3.35. The van der Waals surface area contributed by atoms with E-state index in [0.717, 1.165) is 0 Å². The average molecular weight is 369 g/mol. The van der Waals surface area contributed by atoms with Crippen LogP contribution in [0.5, 0.6) is 0 Å². The van der Waals surface area contributed by atoms with E-state index in [-0.39, 0.29) is 30.3 Å². The van der Waals surface area contributed by atoms with Gasteiger partial charge < -0.3 is 16.0 Å². The van der Waals surface area contributed by atoms with Crippen molar-refractivity contribution >= 4 is 21.7 Å². The molecule has 1 rings (SSSR count). The van der Waals surface area contributed by atoms with E-state index in [1.54, 1.807) is 30.3 Å². The van der Waals surface area contributed by atoms with Gasteiger partial charge in [0.2, 0.25) is 5.91 Å². The Hall–Kier alpha value is -2.09. The Bertz CT molecular complexity index is 680. The van der Waals surface area contributed by atoms with Gasteiger partial charge in [0.15, 0.2) is 15.8 Å². The second-order valence-corrected chi connectivity index (χ2v) is 8.66. The third-order valence-corrected chi connectivity index (χ3v) is 4.74. The molecule has 7 nitrogen and oxygen atoms in total. The first kappa shape index (κ1) is 21.0. The van der Waals surface area contributed by atoms with Gasteiger partial charge in [-0.3, -0.25) is 4.79 Å². The van der Waals surface area contributed by atoms with Crippen LogP contribution in [0.25, 0.3) is 0 Å². The van der Waals surface area contributed by atoms with E-state index in [4.69, 9.17) is 0 Å². The van der Waals surface area contributed by atoms with Crippen LogP contribution < -0.4 is 16.0 Å². The van der Waals surface area contributed by atoms with E-state index in [2.05, 4.69) is 20.9 Å². The first-order valence-electron chi connectivity index (χ1n) is 8.25. The normalized spacial score (nSPS) is 12.6. The van der Waals surface area contributed by atoms with Crippen LogP contribution in [0.1, 0.15) is 27.7 Å². The number of sulfone groups is 1. The van der Waals surface area contributed by atoms with Crippen LogP contribution in [0.4, 0.5) is 0 Å². The van der Waals surface area contributed by atoms with Gasteiger partial charge in [-0.25, -0.2) is 13.4 Å². The molecule has 0 aliphatic heterocycles. The summed E-state index contributed by atoms with van der Waals surface area (Å²) in [6, 6.07) is 8.31. The number of guanidine groups is 1. The topological polar surface area (TPSA) is 99.7 Å². The fourth-order valence-corrected chi connectivity index (χ4v) is 3.18. The van der Waals surface area contributed by atoms with E-state index in [1.807, 2.05) is 27.7 Å². The number of nitrogens with one attached hydrogen (secondary N) is 3. The number of nitrogens with zero attached hydrogens (tertiary/aromatic N) is 1. The summed E-state index contributed by atoms with van der Waals surface area (Å²) in [7, 11) is -3.35. The lowest BCUT2D eigenvalue weighted by atomic mass is 10.1. The van der Waals surface area contributed by atoms with Gasteiger partial charge in [0, 0.05) is 18.6 Å². The molecule has 0 aliphatic rings. The molecule has 0 radical (unpaired) electrons. The van der Waals surface area contributed by atoms with Gasteiger partial charge in [0.05, 0.1) is 10.6 Å².